The Bertz CT molecular complexity index is 493. The van der Waals surface area contributed by atoms with Gasteiger partial charge in [0.25, 0.3) is 0 Å². The van der Waals surface area contributed by atoms with Crippen LogP contribution in [0.3, 0.4) is 0 Å². The lowest BCUT2D eigenvalue weighted by molar-refractivity contribution is 0.379. The van der Waals surface area contributed by atoms with E-state index < -0.39 is 0 Å². The van der Waals surface area contributed by atoms with E-state index in [1.165, 1.54) is 0 Å². The van der Waals surface area contributed by atoms with Gasteiger partial charge in [0, 0.05) is 32.3 Å². The van der Waals surface area contributed by atoms with Crippen LogP contribution in [0.4, 0.5) is 0 Å². The normalized spacial score (nSPS) is 10.1. The highest BCUT2D eigenvalue weighted by Gasteiger charge is 2.11. The molecule has 2 aromatic rings. The molecule has 0 spiro atoms. The van der Waals surface area contributed by atoms with Crippen molar-refractivity contribution in [1.29, 1.82) is 5.26 Å². The third-order valence-corrected chi connectivity index (χ3v) is 1.94. The second-order valence-electron chi connectivity index (χ2n) is 3.03. The molecule has 76 valence electrons. The number of aryl methyl sites for hydroxylation is 2. The summed E-state index contributed by atoms with van der Waals surface area (Å²) in [4.78, 5) is 8.23. The molecule has 15 heavy (non-hydrogen) atoms. The van der Waals surface area contributed by atoms with Crippen molar-refractivity contribution in [1.82, 2.24) is 19.7 Å². The van der Waals surface area contributed by atoms with E-state index >= 15 is 0 Å². The van der Waals surface area contributed by atoms with Crippen LogP contribution in [0.1, 0.15) is 12.3 Å². The largest absolute Gasteiger partial charge is 0.339 e. The third kappa shape index (κ3) is 1.86. The van der Waals surface area contributed by atoms with Crippen molar-refractivity contribution in [3.63, 3.8) is 0 Å². The molecule has 6 nitrogen and oxygen atoms in total. The Labute approximate surface area is 86.2 Å². The molecule has 0 amide bonds. The maximum absolute atomic E-state index is 8.41. The van der Waals surface area contributed by atoms with E-state index in [0.29, 0.717) is 30.4 Å². The van der Waals surface area contributed by atoms with Crippen molar-refractivity contribution >= 4 is 0 Å². The average molecular weight is 203 g/mol. The molecule has 0 aliphatic rings. The molecule has 0 unspecified atom stereocenters. The van der Waals surface area contributed by atoms with Crippen molar-refractivity contribution in [3.05, 3.63) is 18.3 Å². The topological polar surface area (TPSA) is 80.5 Å². The Hall–Kier alpha value is -2.16. The zero-order valence-electron chi connectivity index (χ0n) is 8.21. The van der Waals surface area contributed by atoms with Gasteiger partial charge in [0.2, 0.25) is 11.7 Å². The Balaban J connectivity index is 2.21. The zero-order valence-corrected chi connectivity index (χ0v) is 8.21. The molecule has 0 aromatic carbocycles. The Morgan fingerprint density at radius 3 is 3.13 bits per heavy atom. The van der Waals surface area contributed by atoms with E-state index in [9.17, 15) is 0 Å². The summed E-state index contributed by atoms with van der Waals surface area (Å²) in [6, 6.07) is 2.02. The fourth-order valence-corrected chi connectivity index (χ4v) is 1.19. The van der Waals surface area contributed by atoms with Crippen LogP contribution in [0.5, 0.6) is 0 Å². The third-order valence-electron chi connectivity index (χ3n) is 1.94. The van der Waals surface area contributed by atoms with Crippen LogP contribution in [-0.4, -0.2) is 19.7 Å². The zero-order chi connectivity index (χ0) is 10.7. The van der Waals surface area contributed by atoms with E-state index in [-0.39, 0.29) is 0 Å². The number of aromatic nitrogens is 4. The summed E-state index contributed by atoms with van der Waals surface area (Å²) >= 11 is 0. The van der Waals surface area contributed by atoms with Crippen molar-refractivity contribution in [3.8, 4) is 17.7 Å². The van der Waals surface area contributed by atoms with Crippen molar-refractivity contribution < 1.29 is 4.52 Å². The minimum absolute atomic E-state index is 0.377. The van der Waals surface area contributed by atoms with Gasteiger partial charge in [-0.05, 0) is 0 Å². The van der Waals surface area contributed by atoms with Crippen LogP contribution < -0.4 is 0 Å². The lowest BCUT2D eigenvalue weighted by Crippen LogP contribution is -1.93. The minimum atomic E-state index is 0.377. The Morgan fingerprint density at radius 1 is 1.60 bits per heavy atom. The molecule has 0 fully saturated rings. The van der Waals surface area contributed by atoms with E-state index in [1.807, 2.05) is 13.1 Å². The van der Waals surface area contributed by atoms with Crippen LogP contribution in [0.15, 0.2) is 16.9 Å². The molecular formula is C9H9N5O. The fraction of sp³-hybridized carbons (Fsp3) is 0.333. The highest BCUT2D eigenvalue weighted by molar-refractivity contribution is 5.42. The van der Waals surface area contributed by atoms with Gasteiger partial charge in [-0.1, -0.05) is 5.16 Å². The van der Waals surface area contributed by atoms with Gasteiger partial charge in [-0.2, -0.15) is 10.2 Å². The molecule has 0 saturated heterocycles. The number of rotatable bonds is 3. The highest BCUT2D eigenvalue weighted by atomic mass is 16.5. The summed E-state index contributed by atoms with van der Waals surface area (Å²) in [5.74, 6) is 1.58. The van der Waals surface area contributed by atoms with Crippen molar-refractivity contribution in [2.45, 2.75) is 12.8 Å². The van der Waals surface area contributed by atoms with Crippen LogP contribution in [0.2, 0.25) is 0 Å². The summed E-state index contributed by atoms with van der Waals surface area (Å²) in [7, 11) is 1.85. The number of nitriles is 1. The molecule has 0 bridgehead atoms. The quantitative estimate of drug-likeness (QED) is 0.741. The first kappa shape index (κ1) is 9.40. The second kappa shape index (κ2) is 3.92. The van der Waals surface area contributed by atoms with E-state index in [0.717, 1.165) is 0 Å². The standard InChI is InChI=1S/C9H9N5O/c1-14-6-5-11-9(14)8-12-7(15-13-8)3-2-4-10/h5-6H,2-3H2,1H3. The van der Waals surface area contributed by atoms with E-state index in [1.54, 1.807) is 17.0 Å². The van der Waals surface area contributed by atoms with Crippen LogP contribution in [-0.2, 0) is 13.5 Å². The molecule has 2 rings (SSSR count). The number of nitrogens with zero attached hydrogens (tertiary/aromatic N) is 5. The smallest absolute Gasteiger partial charge is 0.238 e. The lowest BCUT2D eigenvalue weighted by Gasteiger charge is -1.92. The van der Waals surface area contributed by atoms with Crippen molar-refractivity contribution in [2.75, 3.05) is 0 Å². The van der Waals surface area contributed by atoms with Crippen LogP contribution in [0.25, 0.3) is 11.6 Å². The fourth-order valence-electron chi connectivity index (χ4n) is 1.19. The summed E-state index contributed by atoms with van der Waals surface area (Å²) in [5.41, 5.74) is 0. The van der Waals surface area contributed by atoms with E-state index in [4.69, 9.17) is 9.78 Å². The lowest BCUT2D eigenvalue weighted by atomic mass is 10.3. The first-order chi connectivity index (χ1) is 7.31. The van der Waals surface area contributed by atoms with Gasteiger partial charge in [0.15, 0.2) is 5.82 Å². The Morgan fingerprint density at radius 2 is 2.47 bits per heavy atom. The van der Waals surface area contributed by atoms with Gasteiger partial charge in [0.1, 0.15) is 0 Å². The average Bonchev–Trinajstić information content (AvgIpc) is 2.83. The molecule has 0 radical (unpaired) electrons. The maximum Gasteiger partial charge on any atom is 0.238 e. The first-order valence-electron chi connectivity index (χ1n) is 4.48. The summed E-state index contributed by atoms with van der Waals surface area (Å²) in [6.45, 7) is 0. The van der Waals surface area contributed by atoms with Gasteiger partial charge in [-0.3, -0.25) is 0 Å². The summed E-state index contributed by atoms with van der Waals surface area (Å²) in [6.07, 6.45) is 4.33. The van der Waals surface area contributed by atoms with Gasteiger partial charge in [-0.25, -0.2) is 4.98 Å². The van der Waals surface area contributed by atoms with Crippen molar-refractivity contribution in [2.24, 2.45) is 7.05 Å². The predicted octanol–water partition coefficient (Wildman–Crippen LogP) is 0.926. The Kier molecular flexibility index (Phi) is 2.46. The molecular weight excluding hydrogens is 194 g/mol. The minimum Gasteiger partial charge on any atom is -0.339 e. The highest BCUT2D eigenvalue weighted by Crippen LogP contribution is 2.12. The SMILES string of the molecule is Cn1ccnc1-c1noc(CCC#N)n1. The first-order valence-corrected chi connectivity index (χ1v) is 4.48. The molecule has 0 saturated carbocycles. The predicted molar refractivity (Wildman–Crippen MR) is 50.4 cm³/mol. The second-order valence-corrected chi connectivity index (χ2v) is 3.03. The molecule has 2 aromatic heterocycles. The molecule has 6 heteroatoms. The number of imidazole rings is 1. The number of hydrogen-bond donors (Lipinski definition) is 0. The van der Waals surface area contributed by atoms with E-state index in [2.05, 4.69) is 15.1 Å². The maximum atomic E-state index is 8.41. The summed E-state index contributed by atoms with van der Waals surface area (Å²) in [5, 5.41) is 12.2. The molecule has 0 aliphatic carbocycles. The van der Waals surface area contributed by atoms with Gasteiger partial charge < -0.3 is 9.09 Å². The van der Waals surface area contributed by atoms with Crippen LogP contribution in [0, 0.1) is 11.3 Å². The molecule has 0 atom stereocenters. The molecule has 0 N–H and O–H groups in total. The molecule has 0 aliphatic heterocycles. The monoisotopic (exact) mass is 203 g/mol. The van der Waals surface area contributed by atoms with Gasteiger partial charge in [0.05, 0.1) is 6.07 Å². The van der Waals surface area contributed by atoms with Gasteiger partial charge >= 0.3 is 0 Å². The molecule has 2 heterocycles. The van der Waals surface area contributed by atoms with Crippen LogP contribution >= 0.6 is 0 Å². The summed E-state index contributed by atoms with van der Waals surface area (Å²) < 4.78 is 6.78. The van der Waals surface area contributed by atoms with Gasteiger partial charge in [-0.15, -0.1) is 0 Å². The number of hydrogen-bond acceptors (Lipinski definition) is 5.